The summed E-state index contributed by atoms with van der Waals surface area (Å²) in [5, 5.41) is 5.26. The van der Waals surface area contributed by atoms with Crippen LogP contribution < -0.4 is 21.1 Å². The number of rotatable bonds is 10. The predicted molar refractivity (Wildman–Crippen MR) is 132 cm³/mol. The Morgan fingerprint density at radius 1 is 0.971 bits per heavy atom. The van der Waals surface area contributed by atoms with Gasteiger partial charge in [0.05, 0.1) is 0 Å². The third kappa shape index (κ3) is 7.04. The van der Waals surface area contributed by atoms with Gasteiger partial charge in [-0.05, 0) is 43.7 Å². The number of nitrogens with one attached hydrogen (secondary N) is 3. The average molecular weight is 482 g/mol. The number of carbonyl (C=O) groups excluding carboxylic acids is 3. The van der Waals surface area contributed by atoms with Gasteiger partial charge in [0.25, 0.3) is 11.8 Å². The molecule has 0 radical (unpaired) electrons. The topological polar surface area (TPSA) is 113 Å². The zero-order chi connectivity index (χ0) is 24.3. The highest BCUT2D eigenvalue weighted by molar-refractivity contribution is 7.13. The summed E-state index contributed by atoms with van der Waals surface area (Å²) in [6.45, 7) is 5.87. The smallest absolute Gasteiger partial charge is 0.358 e. The number of esters is 1. The van der Waals surface area contributed by atoms with Crippen LogP contribution in [0.25, 0.3) is 0 Å². The zero-order valence-electron chi connectivity index (χ0n) is 19.0. The Bertz CT molecular complexity index is 1100. The normalized spacial score (nSPS) is 10.3. The molecule has 0 unspecified atom stereocenters. The molecule has 2 amide bonds. The Morgan fingerprint density at radius 2 is 1.68 bits per heavy atom. The maximum absolute atomic E-state index is 12.2. The first kappa shape index (κ1) is 24.7. The van der Waals surface area contributed by atoms with E-state index >= 15 is 0 Å². The highest BCUT2D eigenvalue weighted by atomic mass is 32.1. The van der Waals surface area contributed by atoms with Crippen LogP contribution in [0, 0.1) is 0 Å². The summed E-state index contributed by atoms with van der Waals surface area (Å²) >= 11 is 1.26. The Morgan fingerprint density at radius 3 is 2.35 bits per heavy atom. The maximum atomic E-state index is 12.2. The molecule has 1 heterocycles. The van der Waals surface area contributed by atoms with Crippen LogP contribution in [0.15, 0.2) is 60.0 Å². The number of hydrogen-bond donors (Lipinski definition) is 3. The second kappa shape index (κ2) is 12.4. The summed E-state index contributed by atoms with van der Waals surface area (Å²) in [6, 6.07) is 16.8. The third-order valence-electron chi connectivity index (χ3n) is 4.91. The quantitative estimate of drug-likeness (QED) is 0.301. The number of hydrogen-bond acceptors (Lipinski definition) is 8. The summed E-state index contributed by atoms with van der Waals surface area (Å²) in [5.74, 6) is -1.86. The van der Waals surface area contributed by atoms with E-state index in [4.69, 9.17) is 4.74 Å². The second-order valence-electron chi connectivity index (χ2n) is 7.17. The molecule has 1 aromatic heterocycles. The molecule has 3 N–H and O–H groups in total. The van der Waals surface area contributed by atoms with Gasteiger partial charge in [-0.15, -0.1) is 11.3 Å². The molecule has 2 aromatic carbocycles. The van der Waals surface area contributed by atoms with Crippen molar-refractivity contribution in [3.8, 4) is 0 Å². The van der Waals surface area contributed by atoms with Crippen LogP contribution in [0.3, 0.4) is 0 Å². The number of amides is 2. The molecular weight excluding hydrogens is 454 g/mol. The minimum atomic E-state index is -0.725. The first-order chi connectivity index (χ1) is 16.5. The van der Waals surface area contributed by atoms with Crippen molar-refractivity contribution in [2.75, 3.05) is 29.9 Å². The van der Waals surface area contributed by atoms with E-state index < -0.39 is 24.4 Å². The van der Waals surface area contributed by atoms with Gasteiger partial charge in [-0.2, -0.15) is 0 Å². The highest BCUT2D eigenvalue weighted by Crippen LogP contribution is 2.17. The van der Waals surface area contributed by atoms with Crippen molar-refractivity contribution in [2.45, 2.75) is 20.4 Å². The number of carbonyl (C=O) groups is 3. The van der Waals surface area contributed by atoms with Crippen LogP contribution in [0.5, 0.6) is 0 Å². The number of ether oxygens (including phenoxy) is 1. The predicted octanol–water partition coefficient (Wildman–Crippen LogP) is 3.22. The first-order valence-corrected chi connectivity index (χ1v) is 11.7. The molecule has 34 heavy (non-hydrogen) atoms. The van der Waals surface area contributed by atoms with E-state index in [1.807, 2.05) is 42.5 Å². The van der Waals surface area contributed by atoms with Crippen LogP contribution in [-0.2, 0) is 16.1 Å². The first-order valence-electron chi connectivity index (χ1n) is 10.8. The van der Waals surface area contributed by atoms with Gasteiger partial charge in [0.2, 0.25) is 0 Å². The van der Waals surface area contributed by atoms with Crippen molar-refractivity contribution < 1.29 is 19.1 Å². The molecule has 0 aliphatic rings. The van der Waals surface area contributed by atoms with Gasteiger partial charge in [-0.3, -0.25) is 20.4 Å². The standard InChI is InChI=1S/C24H27N5O4S/c1-3-29(4-2)19-12-10-18(11-13-19)22(31)28-27-21(30)15-33-23(32)20-16-34-24(26-20)25-14-17-8-6-5-7-9-17/h5-13,16H,3-4,14-15H2,1-2H3,(H,25,26)(H,27,30)(H,28,31). The van der Waals surface area contributed by atoms with E-state index in [2.05, 4.69) is 39.9 Å². The minimum Gasteiger partial charge on any atom is -0.451 e. The summed E-state index contributed by atoms with van der Waals surface area (Å²) in [6.07, 6.45) is 0. The van der Waals surface area contributed by atoms with Crippen LogP contribution in [0.4, 0.5) is 10.8 Å². The zero-order valence-corrected chi connectivity index (χ0v) is 19.9. The number of nitrogens with zero attached hydrogens (tertiary/aromatic N) is 2. The van der Waals surface area contributed by atoms with Gasteiger partial charge in [-0.25, -0.2) is 9.78 Å². The Hall–Kier alpha value is -3.92. The van der Waals surface area contributed by atoms with Crippen molar-refractivity contribution in [3.05, 3.63) is 76.8 Å². The van der Waals surface area contributed by atoms with Gasteiger partial charge in [0.15, 0.2) is 17.4 Å². The fourth-order valence-corrected chi connectivity index (χ4v) is 3.75. The van der Waals surface area contributed by atoms with E-state index in [-0.39, 0.29) is 5.69 Å². The summed E-state index contributed by atoms with van der Waals surface area (Å²) < 4.78 is 4.98. The molecule has 0 atom stereocenters. The molecule has 0 fully saturated rings. The maximum Gasteiger partial charge on any atom is 0.358 e. The molecule has 0 aliphatic heterocycles. The molecule has 0 saturated carbocycles. The Kier molecular flexibility index (Phi) is 8.98. The fourth-order valence-electron chi connectivity index (χ4n) is 3.07. The van der Waals surface area contributed by atoms with Gasteiger partial charge < -0.3 is 15.0 Å². The fraction of sp³-hybridized carbons (Fsp3) is 0.250. The number of thiazole rings is 1. The molecule has 0 spiro atoms. The van der Waals surface area contributed by atoms with Crippen molar-refractivity contribution >= 4 is 39.9 Å². The van der Waals surface area contributed by atoms with Gasteiger partial charge in [0, 0.05) is 36.3 Å². The van der Waals surface area contributed by atoms with Gasteiger partial charge >= 0.3 is 5.97 Å². The largest absolute Gasteiger partial charge is 0.451 e. The molecule has 0 saturated heterocycles. The molecule has 0 aliphatic carbocycles. The molecule has 9 nitrogen and oxygen atoms in total. The molecule has 10 heteroatoms. The van der Waals surface area contributed by atoms with Crippen molar-refractivity contribution in [1.82, 2.24) is 15.8 Å². The number of hydrazine groups is 1. The van der Waals surface area contributed by atoms with Crippen LogP contribution in [0.1, 0.15) is 40.3 Å². The minimum absolute atomic E-state index is 0.102. The lowest BCUT2D eigenvalue weighted by Gasteiger charge is -2.21. The second-order valence-corrected chi connectivity index (χ2v) is 8.03. The third-order valence-corrected chi connectivity index (χ3v) is 5.71. The lowest BCUT2D eigenvalue weighted by atomic mass is 10.2. The summed E-state index contributed by atoms with van der Waals surface area (Å²) in [5.41, 5.74) is 7.14. The van der Waals surface area contributed by atoms with E-state index in [0.717, 1.165) is 24.3 Å². The lowest BCUT2D eigenvalue weighted by molar-refractivity contribution is -0.125. The number of aromatic nitrogens is 1. The summed E-state index contributed by atoms with van der Waals surface area (Å²) in [4.78, 5) is 42.7. The van der Waals surface area contributed by atoms with Crippen LogP contribution >= 0.6 is 11.3 Å². The molecule has 178 valence electrons. The van der Waals surface area contributed by atoms with E-state index in [1.54, 1.807) is 17.5 Å². The number of anilines is 2. The van der Waals surface area contributed by atoms with E-state index in [0.29, 0.717) is 17.2 Å². The van der Waals surface area contributed by atoms with Crippen LogP contribution in [-0.4, -0.2) is 42.5 Å². The van der Waals surface area contributed by atoms with Gasteiger partial charge in [0.1, 0.15) is 0 Å². The molecule has 0 bridgehead atoms. The molecule has 3 aromatic rings. The van der Waals surface area contributed by atoms with Gasteiger partial charge in [-0.1, -0.05) is 30.3 Å². The van der Waals surface area contributed by atoms with E-state index in [1.165, 1.54) is 11.3 Å². The van der Waals surface area contributed by atoms with E-state index in [9.17, 15) is 14.4 Å². The van der Waals surface area contributed by atoms with Crippen molar-refractivity contribution in [2.24, 2.45) is 0 Å². The lowest BCUT2D eigenvalue weighted by Crippen LogP contribution is -2.43. The van der Waals surface area contributed by atoms with Crippen LogP contribution in [0.2, 0.25) is 0 Å². The summed E-state index contributed by atoms with van der Waals surface area (Å²) in [7, 11) is 0. The Labute approximate surface area is 202 Å². The molecule has 3 rings (SSSR count). The molecular formula is C24H27N5O4S. The monoisotopic (exact) mass is 481 g/mol. The van der Waals surface area contributed by atoms with Crippen molar-refractivity contribution in [1.29, 1.82) is 0 Å². The van der Waals surface area contributed by atoms with Crippen molar-refractivity contribution in [3.63, 3.8) is 0 Å². The highest BCUT2D eigenvalue weighted by Gasteiger charge is 2.15. The number of benzene rings is 2. The average Bonchev–Trinajstić information content (AvgIpc) is 3.35. The SMILES string of the molecule is CCN(CC)c1ccc(C(=O)NNC(=O)COC(=O)c2csc(NCc3ccccc3)n2)cc1. The Balaban J connectivity index is 1.40.